The fourth-order valence-corrected chi connectivity index (χ4v) is 5.22. The van der Waals surface area contributed by atoms with E-state index in [1.807, 2.05) is 13.0 Å². The smallest absolute Gasteiger partial charge is 0.262 e. The Kier molecular flexibility index (Phi) is 6.74. The second kappa shape index (κ2) is 10.7. The average Bonchev–Trinajstić information content (AvgIpc) is 3.70. The Bertz CT molecular complexity index is 2030. The number of nitrogens with two attached hydrogens (primary N) is 1. The number of aryl methyl sites for hydroxylation is 2. The number of amides is 1. The number of fused-ring (bicyclic) bond motifs is 2. The van der Waals surface area contributed by atoms with Crippen LogP contribution in [0.4, 0.5) is 5.82 Å². The SMILES string of the molecule is Cc1ncc(C#Cc2cccc3nc(C(C)NC(=O)c4c(N)nn5cccnc45)n(CCc4c[nH]cn4)c(=O)c23)s1. The maximum atomic E-state index is 14.1. The molecule has 0 aliphatic heterocycles. The monoisotopic (exact) mass is 564 g/mol. The van der Waals surface area contributed by atoms with Crippen LogP contribution in [0.2, 0.25) is 0 Å². The van der Waals surface area contributed by atoms with Crippen LogP contribution in [0.3, 0.4) is 0 Å². The highest BCUT2D eigenvalue weighted by Gasteiger charge is 2.24. The van der Waals surface area contributed by atoms with Crippen molar-refractivity contribution in [1.29, 1.82) is 0 Å². The lowest BCUT2D eigenvalue weighted by Gasteiger charge is -2.19. The van der Waals surface area contributed by atoms with Crippen LogP contribution in [0.15, 0.2) is 60.2 Å². The molecule has 6 rings (SSSR count). The van der Waals surface area contributed by atoms with Gasteiger partial charge < -0.3 is 16.0 Å². The lowest BCUT2D eigenvalue weighted by molar-refractivity contribution is 0.0939. The molecule has 0 saturated carbocycles. The van der Waals surface area contributed by atoms with Crippen molar-refractivity contribution in [3.8, 4) is 11.8 Å². The number of carbonyl (C=O) groups excluding carboxylic acids is 1. The third-order valence-electron chi connectivity index (χ3n) is 6.49. The highest BCUT2D eigenvalue weighted by Crippen LogP contribution is 2.21. The van der Waals surface area contributed by atoms with E-state index in [0.717, 1.165) is 15.6 Å². The molecule has 0 saturated heterocycles. The third-order valence-corrected chi connectivity index (χ3v) is 7.31. The van der Waals surface area contributed by atoms with Gasteiger partial charge in [-0.15, -0.1) is 16.4 Å². The average molecular weight is 565 g/mol. The number of anilines is 1. The maximum Gasteiger partial charge on any atom is 0.262 e. The highest BCUT2D eigenvalue weighted by atomic mass is 32.1. The first-order valence-electron chi connectivity index (χ1n) is 12.7. The van der Waals surface area contributed by atoms with Crippen molar-refractivity contribution in [3.05, 3.63) is 98.3 Å². The molecule has 12 nitrogen and oxygen atoms in total. The van der Waals surface area contributed by atoms with Gasteiger partial charge in [-0.3, -0.25) is 14.2 Å². The Morgan fingerprint density at radius 2 is 2.10 bits per heavy atom. The minimum Gasteiger partial charge on any atom is -0.381 e. The summed E-state index contributed by atoms with van der Waals surface area (Å²) in [6.45, 7) is 3.97. The molecule has 5 aromatic heterocycles. The lowest BCUT2D eigenvalue weighted by Crippen LogP contribution is -2.34. The number of aromatic amines is 1. The first kappa shape index (κ1) is 25.9. The van der Waals surface area contributed by atoms with Crippen LogP contribution in [0.1, 0.15) is 50.3 Å². The third kappa shape index (κ3) is 5.04. The quantitative estimate of drug-likeness (QED) is 0.260. The number of thiazole rings is 1. The van der Waals surface area contributed by atoms with E-state index in [2.05, 4.69) is 42.2 Å². The van der Waals surface area contributed by atoms with Crippen molar-refractivity contribution >= 4 is 39.6 Å². The fraction of sp³-hybridized carbons (Fsp3) is 0.179. The zero-order valence-electron chi connectivity index (χ0n) is 22.1. The summed E-state index contributed by atoms with van der Waals surface area (Å²) in [6.07, 6.45) is 8.78. The molecular weight excluding hydrogens is 540 g/mol. The molecule has 1 unspecified atom stereocenters. The molecule has 0 aliphatic rings. The first-order chi connectivity index (χ1) is 19.9. The van der Waals surface area contributed by atoms with Crippen molar-refractivity contribution in [1.82, 2.24) is 44.4 Å². The molecule has 1 amide bonds. The van der Waals surface area contributed by atoms with Crippen LogP contribution in [0.25, 0.3) is 16.6 Å². The van der Waals surface area contributed by atoms with E-state index < -0.39 is 11.9 Å². The Balaban J connectivity index is 1.42. The van der Waals surface area contributed by atoms with Crippen LogP contribution >= 0.6 is 11.3 Å². The summed E-state index contributed by atoms with van der Waals surface area (Å²) in [4.78, 5) is 48.8. The van der Waals surface area contributed by atoms with Crippen LogP contribution in [0, 0.1) is 18.8 Å². The molecule has 41 heavy (non-hydrogen) atoms. The van der Waals surface area contributed by atoms with Gasteiger partial charge in [-0.2, -0.15) is 0 Å². The van der Waals surface area contributed by atoms with E-state index in [4.69, 9.17) is 10.7 Å². The number of rotatable bonds is 6. The summed E-state index contributed by atoms with van der Waals surface area (Å²) < 4.78 is 3.01. The number of benzene rings is 1. The second-order valence-corrected chi connectivity index (χ2v) is 10.5. The molecule has 1 aromatic carbocycles. The van der Waals surface area contributed by atoms with E-state index in [0.29, 0.717) is 40.9 Å². The van der Waals surface area contributed by atoms with Crippen molar-refractivity contribution in [2.24, 2.45) is 0 Å². The number of imidazole rings is 1. The molecule has 1 atom stereocenters. The van der Waals surface area contributed by atoms with Gasteiger partial charge in [0.2, 0.25) is 0 Å². The maximum absolute atomic E-state index is 14.1. The normalized spacial score (nSPS) is 11.9. The van der Waals surface area contributed by atoms with Crippen LogP contribution in [0.5, 0.6) is 0 Å². The zero-order valence-corrected chi connectivity index (χ0v) is 22.9. The molecular formula is C28H24N10O2S. The van der Waals surface area contributed by atoms with Gasteiger partial charge in [0.25, 0.3) is 11.5 Å². The summed E-state index contributed by atoms with van der Waals surface area (Å²) in [5, 5.41) is 8.42. The summed E-state index contributed by atoms with van der Waals surface area (Å²) in [7, 11) is 0. The molecule has 6 aromatic rings. The van der Waals surface area contributed by atoms with Gasteiger partial charge in [0.1, 0.15) is 11.4 Å². The molecule has 0 fully saturated rings. The number of nitrogens with zero attached hydrogens (tertiary/aromatic N) is 7. The van der Waals surface area contributed by atoms with E-state index in [1.54, 1.807) is 60.8 Å². The van der Waals surface area contributed by atoms with Crippen molar-refractivity contribution < 1.29 is 4.79 Å². The fourth-order valence-electron chi connectivity index (χ4n) is 4.59. The first-order valence-corrected chi connectivity index (χ1v) is 13.6. The zero-order chi connectivity index (χ0) is 28.5. The molecule has 0 bridgehead atoms. The molecule has 4 N–H and O–H groups in total. The highest BCUT2D eigenvalue weighted by molar-refractivity contribution is 7.12. The number of hydrogen-bond acceptors (Lipinski definition) is 9. The van der Waals surface area contributed by atoms with E-state index in [9.17, 15) is 9.59 Å². The topological polar surface area (TPSA) is 162 Å². The van der Waals surface area contributed by atoms with Crippen molar-refractivity contribution in [2.75, 3.05) is 5.73 Å². The Hall–Kier alpha value is -5.35. The van der Waals surface area contributed by atoms with E-state index >= 15 is 0 Å². The predicted octanol–water partition coefficient (Wildman–Crippen LogP) is 2.64. The standard InChI is InChI=1S/C28H24N10O2S/c1-16(34-27(39)23-24(29)36-38-11-4-10-31-26(23)38)25-35-21-6-3-5-18(7-8-20-14-32-17(2)41-20)22(21)28(40)37(25)12-9-19-13-30-15-33-19/h3-6,10-11,13-16H,9,12H2,1-2H3,(H2,29,36)(H,30,33)(H,34,39). The Morgan fingerprint density at radius 1 is 1.22 bits per heavy atom. The number of nitrogen functional groups attached to an aromatic ring is 1. The van der Waals surface area contributed by atoms with Gasteiger partial charge in [-0.05, 0) is 38.0 Å². The van der Waals surface area contributed by atoms with E-state index in [1.165, 1.54) is 15.9 Å². The molecule has 204 valence electrons. The van der Waals surface area contributed by atoms with Crippen molar-refractivity contribution in [3.63, 3.8) is 0 Å². The largest absolute Gasteiger partial charge is 0.381 e. The minimum absolute atomic E-state index is 0.0511. The molecule has 0 spiro atoms. The Morgan fingerprint density at radius 3 is 2.88 bits per heavy atom. The molecule has 0 aliphatic carbocycles. The Labute approximate surface area is 237 Å². The van der Waals surface area contributed by atoms with Gasteiger partial charge in [-0.25, -0.2) is 24.5 Å². The molecule has 0 radical (unpaired) electrons. The van der Waals surface area contributed by atoms with Crippen LogP contribution in [-0.4, -0.2) is 45.0 Å². The number of carbonyl (C=O) groups is 1. The van der Waals surface area contributed by atoms with Gasteiger partial charge in [-0.1, -0.05) is 12.0 Å². The summed E-state index contributed by atoms with van der Waals surface area (Å²) >= 11 is 1.49. The van der Waals surface area contributed by atoms with E-state index in [-0.39, 0.29) is 16.9 Å². The number of aromatic nitrogens is 8. The molecule has 5 heterocycles. The number of hydrogen-bond donors (Lipinski definition) is 3. The van der Waals surface area contributed by atoms with Gasteiger partial charge in [0.05, 0.1) is 45.0 Å². The van der Waals surface area contributed by atoms with Gasteiger partial charge in [0.15, 0.2) is 11.5 Å². The minimum atomic E-state index is -0.660. The van der Waals surface area contributed by atoms with Crippen LogP contribution in [-0.2, 0) is 13.0 Å². The predicted molar refractivity (Wildman–Crippen MR) is 154 cm³/mol. The second-order valence-electron chi connectivity index (χ2n) is 9.27. The summed E-state index contributed by atoms with van der Waals surface area (Å²) in [5.74, 6) is 6.20. The van der Waals surface area contributed by atoms with Gasteiger partial charge in [0, 0.05) is 37.1 Å². The summed E-state index contributed by atoms with van der Waals surface area (Å²) in [5.41, 5.74) is 8.11. The van der Waals surface area contributed by atoms with Crippen LogP contribution < -0.4 is 16.6 Å². The van der Waals surface area contributed by atoms with Gasteiger partial charge >= 0.3 is 0 Å². The lowest BCUT2D eigenvalue weighted by atomic mass is 10.1. The molecule has 13 heteroatoms. The van der Waals surface area contributed by atoms with Crippen molar-refractivity contribution in [2.45, 2.75) is 32.9 Å². The number of H-pyrrole nitrogens is 1. The summed E-state index contributed by atoms with van der Waals surface area (Å²) in [6, 6.07) is 6.41. The number of nitrogens with one attached hydrogen (secondary N) is 2.